The summed E-state index contributed by atoms with van der Waals surface area (Å²) in [6.45, 7) is 4.30. The Morgan fingerprint density at radius 2 is 1.79 bits per heavy atom. The first-order chi connectivity index (χ1) is 14.2. The van der Waals surface area contributed by atoms with Crippen molar-refractivity contribution >= 4 is 28.8 Å². The molecule has 2 amide bonds. The third-order valence-corrected chi connectivity index (χ3v) is 5.98. The molecule has 4 rings (SSSR count). The van der Waals surface area contributed by atoms with Crippen molar-refractivity contribution in [1.29, 1.82) is 0 Å². The summed E-state index contributed by atoms with van der Waals surface area (Å²) in [7, 11) is 0. The molecular weight excluding hydrogens is 386 g/mol. The van der Waals surface area contributed by atoms with Crippen molar-refractivity contribution in [2.45, 2.75) is 6.42 Å². The van der Waals surface area contributed by atoms with E-state index >= 15 is 0 Å². The number of hydrogen-bond donors (Lipinski definition) is 1. The Hall–Kier alpha value is -2.90. The van der Waals surface area contributed by atoms with Gasteiger partial charge in [-0.05, 0) is 54.3 Å². The summed E-state index contributed by atoms with van der Waals surface area (Å²) in [5.74, 6) is -0.0262. The molecule has 0 radical (unpaired) electrons. The molecule has 3 heterocycles. The van der Waals surface area contributed by atoms with E-state index in [0.29, 0.717) is 11.3 Å². The van der Waals surface area contributed by atoms with Crippen LogP contribution < -0.4 is 5.32 Å². The zero-order valence-corrected chi connectivity index (χ0v) is 16.9. The molecule has 0 spiro atoms. The van der Waals surface area contributed by atoms with Crippen molar-refractivity contribution in [1.82, 2.24) is 9.80 Å². The molecule has 1 saturated heterocycles. The predicted octanol–water partition coefficient (Wildman–Crippen LogP) is 3.59. The van der Waals surface area contributed by atoms with E-state index in [2.05, 4.69) is 27.7 Å². The quantitative estimate of drug-likeness (QED) is 0.676. The van der Waals surface area contributed by atoms with E-state index in [4.69, 9.17) is 4.42 Å². The van der Waals surface area contributed by atoms with E-state index in [0.717, 1.165) is 39.1 Å². The number of benzene rings is 1. The molecule has 29 heavy (non-hydrogen) atoms. The van der Waals surface area contributed by atoms with E-state index in [9.17, 15) is 9.59 Å². The van der Waals surface area contributed by atoms with Crippen LogP contribution in [-0.4, -0.2) is 54.3 Å². The average molecular weight is 410 g/mol. The number of thiophene rings is 1. The van der Waals surface area contributed by atoms with Gasteiger partial charge in [0.05, 0.1) is 6.26 Å². The number of carbonyl (C=O) groups is 2. The second-order valence-corrected chi connectivity index (χ2v) is 8.00. The van der Waals surface area contributed by atoms with Gasteiger partial charge in [-0.3, -0.25) is 14.5 Å². The van der Waals surface area contributed by atoms with E-state index in [-0.39, 0.29) is 17.6 Å². The first-order valence-corrected chi connectivity index (χ1v) is 10.6. The SMILES string of the molecule is O=C(Nc1ccc(C(=O)N2CCN(CCc3cccs3)CC2)cc1)c1ccco1. The van der Waals surface area contributed by atoms with Gasteiger partial charge in [-0.25, -0.2) is 0 Å². The summed E-state index contributed by atoms with van der Waals surface area (Å²) in [6, 6.07) is 14.5. The summed E-state index contributed by atoms with van der Waals surface area (Å²) in [5.41, 5.74) is 1.26. The van der Waals surface area contributed by atoms with E-state index in [1.165, 1.54) is 11.1 Å². The number of hydrogen-bond acceptors (Lipinski definition) is 5. The van der Waals surface area contributed by atoms with Gasteiger partial charge in [0.1, 0.15) is 0 Å². The molecular formula is C22H23N3O3S. The lowest BCUT2D eigenvalue weighted by Gasteiger charge is -2.34. The minimum atomic E-state index is -0.312. The number of carbonyl (C=O) groups excluding carboxylic acids is 2. The van der Waals surface area contributed by atoms with Gasteiger partial charge in [-0.15, -0.1) is 11.3 Å². The monoisotopic (exact) mass is 409 g/mol. The number of furan rings is 1. The second-order valence-electron chi connectivity index (χ2n) is 6.97. The maximum absolute atomic E-state index is 12.8. The van der Waals surface area contributed by atoms with Crippen molar-refractivity contribution in [2.75, 3.05) is 38.0 Å². The van der Waals surface area contributed by atoms with Crippen LogP contribution in [0.2, 0.25) is 0 Å². The summed E-state index contributed by atoms with van der Waals surface area (Å²) in [6.07, 6.45) is 2.52. The van der Waals surface area contributed by atoms with Crippen molar-refractivity contribution in [2.24, 2.45) is 0 Å². The average Bonchev–Trinajstić information content (AvgIpc) is 3.47. The Bertz CT molecular complexity index is 928. The Morgan fingerprint density at radius 3 is 2.45 bits per heavy atom. The largest absolute Gasteiger partial charge is 0.459 e. The lowest BCUT2D eigenvalue weighted by atomic mass is 10.1. The zero-order chi connectivity index (χ0) is 20.1. The highest BCUT2D eigenvalue weighted by Gasteiger charge is 2.22. The van der Waals surface area contributed by atoms with Crippen LogP contribution >= 0.6 is 11.3 Å². The van der Waals surface area contributed by atoms with Gasteiger partial charge in [0.15, 0.2) is 5.76 Å². The number of piperazine rings is 1. The molecule has 150 valence electrons. The zero-order valence-electron chi connectivity index (χ0n) is 16.0. The first-order valence-electron chi connectivity index (χ1n) is 9.68. The molecule has 2 aromatic heterocycles. The smallest absolute Gasteiger partial charge is 0.291 e. The summed E-state index contributed by atoms with van der Waals surface area (Å²) >= 11 is 1.80. The van der Waals surface area contributed by atoms with E-state index < -0.39 is 0 Å². The highest BCUT2D eigenvalue weighted by atomic mass is 32.1. The fourth-order valence-corrected chi connectivity index (χ4v) is 4.08. The lowest BCUT2D eigenvalue weighted by Crippen LogP contribution is -2.49. The van der Waals surface area contributed by atoms with Crippen LogP contribution in [0.15, 0.2) is 64.6 Å². The Labute approximate surface area is 173 Å². The van der Waals surface area contributed by atoms with Crippen molar-refractivity contribution in [3.05, 3.63) is 76.4 Å². The molecule has 7 heteroatoms. The van der Waals surface area contributed by atoms with Gasteiger partial charge >= 0.3 is 0 Å². The lowest BCUT2D eigenvalue weighted by molar-refractivity contribution is 0.0638. The molecule has 6 nitrogen and oxygen atoms in total. The van der Waals surface area contributed by atoms with Gasteiger partial charge in [0.2, 0.25) is 0 Å². The summed E-state index contributed by atoms with van der Waals surface area (Å²) in [5, 5.41) is 4.87. The minimum Gasteiger partial charge on any atom is -0.459 e. The molecule has 1 fully saturated rings. The topological polar surface area (TPSA) is 65.8 Å². The molecule has 1 aromatic carbocycles. The van der Waals surface area contributed by atoms with Gasteiger partial charge < -0.3 is 14.6 Å². The normalized spacial score (nSPS) is 14.7. The fraction of sp³-hybridized carbons (Fsp3) is 0.273. The molecule has 0 unspecified atom stereocenters. The number of nitrogens with one attached hydrogen (secondary N) is 1. The van der Waals surface area contributed by atoms with Gasteiger partial charge in [0.25, 0.3) is 11.8 Å². The fourth-order valence-electron chi connectivity index (χ4n) is 3.38. The third kappa shape index (κ3) is 4.93. The van der Waals surface area contributed by atoms with Crippen LogP contribution in [-0.2, 0) is 6.42 Å². The van der Waals surface area contributed by atoms with Crippen LogP contribution in [0.25, 0.3) is 0 Å². The van der Waals surface area contributed by atoms with Crippen LogP contribution in [0, 0.1) is 0 Å². The molecule has 0 aliphatic carbocycles. The maximum Gasteiger partial charge on any atom is 0.291 e. The van der Waals surface area contributed by atoms with Gasteiger partial charge in [-0.1, -0.05) is 6.07 Å². The summed E-state index contributed by atoms with van der Waals surface area (Å²) < 4.78 is 5.08. The Balaban J connectivity index is 1.27. The summed E-state index contributed by atoms with van der Waals surface area (Å²) in [4.78, 5) is 30.5. The number of rotatable bonds is 6. The molecule has 3 aromatic rings. The number of anilines is 1. The molecule has 0 saturated carbocycles. The molecule has 1 aliphatic rings. The van der Waals surface area contributed by atoms with Crippen molar-refractivity contribution < 1.29 is 14.0 Å². The third-order valence-electron chi connectivity index (χ3n) is 5.05. The Morgan fingerprint density at radius 1 is 1.00 bits per heavy atom. The van der Waals surface area contributed by atoms with Crippen LogP contribution in [0.3, 0.4) is 0 Å². The van der Waals surface area contributed by atoms with Gasteiger partial charge in [-0.2, -0.15) is 0 Å². The van der Waals surface area contributed by atoms with Crippen LogP contribution in [0.4, 0.5) is 5.69 Å². The Kier molecular flexibility index (Phi) is 6.07. The van der Waals surface area contributed by atoms with Crippen molar-refractivity contribution in [3.63, 3.8) is 0 Å². The van der Waals surface area contributed by atoms with Crippen LogP contribution in [0.5, 0.6) is 0 Å². The minimum absolute atomic E-state index is 0.0341. The van der Waals surface area contributed by atoms with E-state index in [1.807, 2.05) is 4.90 Å². The second kappa shape index (κ2) is 9.07. The van der Waals surface area contributed by atoms with Gasteiger partial charge in [0, 0.05) is 48.9 Å². The molecule has 1 N–H and O–H groups in total. The molecule has 1 aliphatic heterocycles. The first kappa shape index (κ1) is 19.4. The predicted molar refractivity (Wildman–Crippen MR) is 113 cm³/mol. The highest BCUT2D eigenvalue weighted by molar-refractivity contribution is 7.09. The molecule has 0 bridgehead atoms. The van der Waals surface area contributed by atoms with E-state index in [1.54, 1.807) is 47.7 Å². The highest BCUT2D eigenvalue weighted by Crippen LogP contribution is 2.15. The number of amides is 2. The number of nitrogens with zero attached hydrogens (tertiary/aromatic N) is 2. The van der Waals surface area contributed by atoms with Crippen LogP contribution in [0.1, 0.15) is 25.8 Å². The van der Waals surface area contributed by atoms with Crippen molar-refractivity contribution in [3.8, 4) is 0 Å². The standard InChI is InChI=1S/C22H23N3O3S/c26-21(20-4-1-15-28-20)23-18-7-5-17(6-8-18)22(27)25-13-11-24(12-14-25)10-9-19-3-2-16-29-19/h1-8,15-16H,9-14H2,(H,23,26). The molecule has 0 atom stereocenters. The maximum atomic E-state index is 12.8.